The van der Waals surface area contributed by atoms with Gasteiger partial charge in [-0.05, 0) is 118 Å². The molecular formula is C60H43N3. The summed E-state index contributed by atoms with van der Waals surface area (Å²) in [6.45, 7) is 0. The Bertz CT molecular complexity index is 3230. The van der Waals surface area contributed by atoms with Crippen molar-refractivity contribution < 1.29 is 0 Å². The molecule has 0 N–H and O–H groups in total. The molecule has 0 unspecified atom stereocenters. The van der Waals surface area contributed by atoms with Gasteiger partial charge in [0.05, 0.1) is 11.0 Å². The monoisotopic (exact) mass is 805 g/mol. The number of anilines is 6. The van der Waals surface area contributed by atoms with Crippen LogP contribution in [0, 0.1) is 0 Å². The van der Waals surface area contributed by atoms with Gasteiger partial charge < -0.3 is 14.4 Å². The van der Waals surface area contributed by atoms with Crippen LogP contribution in [0.3, 0.4) is 0 Å². The number of benzene rings is 10. The topological polar surface area (TPSA) is 11.4 Å². The molecule has 0 aliphatic rings. The van der Waals surface area contributed by atoms with Crippen LogP contribution in [0.25, 0.3) is 60.9 Å². The van der Waals surface area contributed by atoms with Crippen molar-refractivity contribution in [2.75, 3.05) is 9.80 Å². The maximum atomic E-state index is 2.42. The molecule has 0 spiro atoms. The highest BCUT2D eigenvalue weighted by molar-refractivity contribution is 6.11. The minimum absolute atomic E-state index is 1.08. The predicted octanol–water partition coefficient (Wildman–Crippen LogP) is 16.7. The summed E-state index contributed by atoms with van der Waals surface area (Å²) in [4.78, 5) is 4.69. The summed E-state index contributed by atoms with van der Waals surface area (Å²) < 4.78 is 2.42. The molecule has 3 heteroatoms. The van der Waals surface area contributed by atoms with Gasteiger partial charge in [-0.2, -0.15) is 0 Å². The molecule has 0 radical (unpaired) electrons. The highest BCUT2D eigenvalue weighted by Crippen LogP contribution is 2.43. The third-order valence-electron chi connectivity index (χ3n) is 12.0. The number of fused-ring (bicyclic) bond motifs is 3. The average Bonchev–Trinajstić information content (AvgIpc) is 3.69. The molecule has 0 bridgehead atoms. The van der Waals surface area contributed by atoms with Gasteiger partial charge in [0, 0.05) is 50.6 Å². The minimum atomic E-state index is 1.08. The van der Waals surface area contributed by atoms with Crippen LogP contribution in [0.4, 0.5) is 34.1 Å². The van der Waals surface area contributed by atoms with Gasteiger partial charge in [-0.15, -0.1) is 0 Å². The third-order valence-corrected chi connectivity index (χ3v) is 12.0. The lowest BCUT2D eigenvalue weighted by Crippen LogP contribution is -2.10. The first-order valence-electron chi connectivity index (χ1n) is 21.5. The van der Waals surface area contributed by atoms with Gasteiger partial charge in [0.25, 0.3) is 0 Å². The molecule has 0 saturated carbocycles. The van der Waals surface area contributed by atoms with Gasteiger partial charge in [-0.25, -0.2) is 0 Å². The van der Waals surface area contributed by atoms with Crippen molar-refractivity contribution in [2.45, 2.75) is 0 Å². The molecule has 11 aromatic rings. The first kappa shape index (κ1) is 37.6. The Hall–Kier alpha value is -8.40. The predicted molar refractivity (Wildman–Crippen MR) is 266 cm³/mol. The summed E-state index contributed by atoms with van der Waals surface area (Å²) in [6.07, 6.45) is 0. The summed E-state index contributed by atoms with van der Waals surface area (Å²) in [5.74, 6) is 0. The molecule has 10 aromatic carbocycles. The van der Waals surface area contributed by atoms with Crippen molar-refractivity contribution in [3.8, 4) is 39.1 Å². The molecule has 11 rings (SSSR count). The molecule has 0 saturated heterocycles. The largest absolute Gasteiger partial charge is 0.310 e. The summed E-state index contributed by atoms with van der Waals surface area (Å²) in [7, 11) is 0. The maximum Gasteiger partial charge on any atom is 0.0561 e. The zero-order valence-electron chi connectivity index (χ0n) is 34.7. The summed E-state index contributed by atoms with van der Waals surface area (Å²) in [5, 5.41) is 2.41. The van der Waals surface area contributed by atoms with Gasteiger partial charge in [0.2, 0.25) is 0 Å². The summed E-state index contributed by atoms with van der Waals surface area (Å²) in [6, 6.07) is 93.6. The van der Waals surface area contributed by atoms with E-state index in [0.717, 1.165) is 50.8 Å². The lowest BCUT2D eigenvalue weighted by molar-refractivity contribution is 1.17. The Labute approximate surface area is 368 Å². The average molecular weight is 806 g/mol. The maximum absolute atomic E-state index is 2.42. The lowest BCUT2D eigenvalue weighted by atomic mass is 9.98. The molecular weight excluding hydrogens is 763 g/mol. The quantitative estimate of drug-likeness (QED) is 0.136. The highest BCUT2D eigenvalue weighted by atomic mass is 15.2. The van der Waals surface area contributed by atoms with E-state index >= 15 is 0 Å². The summed E-state index contributed by atoms with van der Waals surface area (Å²) in [5.41, 5.74) is 17.2. The van der Waals surface area contributed by atoms with Crippen molar-refractivity contribution in [2.24, 2.45) is 0 Å². The molecule has 1 heterocycles. The van der Waals surface area contributed by atoms with Crippen LogP contribution in [0.5, 0.6) is 0 Å². The first-order valence-corrected chi connectivity index (χ1v) is 21.5. The molecule has 3 nitrogen and oxygen atoms in total. The Morgan fingerprint density at radius 3 is 0.857 bits per heavy atom. The molecule has 0 amide bonds. The lowest BCUT2D eigenvalue weighted by Gasteiger charge is -2.26. The molecule has 63 heavy (non-hydrogen) atoms. The Balaban J connectivity index is 0.972. The molecule has 1 aromatic heterocycles. The van der Waals surface area contributed by atoms with Crippen LogP contribution in [0.1, 0.15) is 0 Å². The van der Waals surface area contributed by atoms with Gasteiger partial charge in [0.1, 0.15) is 0 Å². The number of nitrogens with zero attached hydrogens (tertiary/aromatic N) is 3. The van der Waals surface area contributed by atoms with Crippen molar-refractivity contribution in [3.63, 3.8) is 0 Å². The standard InChI is InChI=1S/C60H43N3/c1-6-16-44(17-7-1)45-26-28-46(29-27-45)47-30-32-48(33-31-47)49-34-36-54(37-35-49)62(52-22-12-4-13-23-52)56-39-41-58-57-40-38-55(42-59(57)63(60(58)43-56)53-24-14-5-15-25-53)61(50-18-8-2-9-19-50)51-20-10-3-11-21-51/h1-43H. The van der Waals surface area contributed by atoms with Gasteiger partial charge in [-0.3, -0.25) is 0 Å². The molecule has 0 atom stereocenters. The van der Waals surface area contributed by atoms with Crippen LogP contribution in [-0.4, -0.2) is 4.57 Å². The normalized spacial score (nSPS) is 11.2. The van der Waals surface area contributed by atoms with E-state index in [1.165, 1.54) is 44.2 Å². The third kappa shape index (κ3) is 7.32. The molecule has 0 fully saturated rings. The van der Waals surface area contributed by atoms with Crippen molar-refractivity contribution >= 4 is 55.9 Å². The van der Waals surface area contributed by atoms with E-state index in [9.17, 15) is 0 Å². The van der Waals surface area contributed by atoms with Crippen LogP contribution in [-0.2, 0) is 0 Å². The second kappa shape index (κ2) is 16.6. The fraction of sp³-hybridized carbons (Fsp3) is 0. The Kier molecular flexibility index (Phi) is 9.89. The molecule has 0 aliphatic heterocycles. The van der Waals surface area contributed by atoms with Gasteiger partial charge in [0.15, 0.2) is 0 Å². The Morgan fingerprint density at radius 1 is 0.222 bits per heavy atom. The fourth-order valence-electron chi connectivity index (χ4n) is 8.90. The van der Waals surface area contributed by atoms with Crippen molar-refractivity contribution in [1.29, 1.82) is 0 Å². The number of hydrogen-bond acceptors (Lipinski definition) is 2. The fourth-order valence-corrected chi connectivity index (χ4v) is 8.90. The minimum Gasteiger partial charge on any atom is -0.310 e. The van der Waals surface area contributed by atoms with E-state index in [4.69, 9.17) is 0 Å². The van der Waals surface area contributed by atoms with E-state index in [-0.39, 0.29) is 0 Å². The van der Waals surface area contributed by atoms with E-state index in [0.29, 0.717) is 0 Å². The smallest absolute Gasteiger partial charge is 0.0561 e. The van der Waals surface area contributed by atoms with Crippen molar-refractivity contribution in [1.82, 2.24) is 4.57 Å². The number of aromatic nitrogens is 1. The summed E-state index contributed by atoms with van der Waals surface area (Å²) >= 11 is 0. The zero-order chi connectivity index (χ0) is 42.0. The SMILES string of the molecule is c1ccc(-c2ccc(-c3ccc(-c4ccc(N(c5ccccc5)c5ccc6c7ccc(N(c8ccccc8)c8ccccc8)cc7n(-c7ccccc7)c6c5)cc4)cc3)cc2)cc1. The van der Waals surface area contributed by atoms with Crippen LogP contribution in [0.2, 0.25) is 0 Å². The first-order chi connectivity index (χ1) is 31.2. The Morgan fingerprint density at radius 2 is 0.492 bits per heavy atom. The van der Waals surface area contributed by atoms with Crippen LogP contribution >= 0.6 is 0 Å². The second-order valence-corrected chi connectivity index (χ2v) is 15.8. The highest BCUT2D eigenvalue weighted by Gasteiger charge is 2.20. The number of para-hydroxylation sites is 4. The van der Waals surface area contributed by atoms with Gasteiger partial charge >= 0.3 is 0 Å². The molecule has 0 aliphatic carbocycles. The van der Waals surface area contributed by atoms with Crippen LogP contribution < -0.4 is 9.80 Å². The molecule has 298 valence electrons. The van der Waals surface area contributed by atoms with Crippen LogP contribution in [0.15, 0.2) is 261 Å². The van der Waals surface area contributed by atoms with E-state index in [1.54, 1.807) is 0 Å². The number of hydrogen-bond donors (Lipinski definition) is 0. The van der Waals surface area contributed by atoms with E-state index in [2.05, 4.69) is 275 Å². The zero-order valence-corrected chi connectivity index (χ0v) is 34.7. The van der Waals surface area contributed by atoms with E-state index < -0.39 is 0 Å². The van der Waals surface area contributed by atoms with Crippen molar-refractivity contribution in [3.05, 3.63) is 261 Å². The second-order valence-electron chi connectivity index (χ2n) is 15.8. The van der Waals surface area contributed by atoms with E-state index in [1.807, 2.05) is 0 Å². The number of rotatable bonds is 10. The van der Waals surface area contributed by atoms with Gasteiger partial charge in [-0.1, -0.05) is 176 Å².